The third-order valence-electron chi connectivity index (χ3n) is 1.76. The quantitative estimate of drug-likeness (QED) is 0.354. The maximum atomic E-state index is 11.2. The van der Waals surface area contributed by atoms with E-state index in [2.05, 4.69) is 10.6 Å². The number of rotatable bonds is 2. The molecule has 0 aromatic rings. The second-order valence-electron chi connectivity index (χ2n) is 2.51. The van der Waals surface area contributed by atoms with Gasteiger partial charge in [0.15, 0.2) is 0 Å². The van der Waals surface area contributed by atoms with E-state index in [0.717, 1.165) is 0 Å². The van der Waals surface area contributed by atoms with Crippen LogP contribution in [-0.4, -0.2) is 20.0 Å². The fourth-order valence-corrected chi connectivity index (χ4v) is 1.09. The molecule has 0 heterocycles. The first-order valence-electron chi connectivity index (χ1n) is 3.90. The summed E-state index contributed by atoms with van der Waals surface area (Å²) in [5.74, 6) is -0.493. The fourth-order valence-electron chi connectivity index (χ4n) is 1.09. The van der Waals surface area contributed by atoms with Gasteiger partial charge in [-0.05, 0) is 17.5 Å². The van der Waals surface area contributed by atoms with E-state index in [-0.39, 0.29) is 41.3 Å². The van der Waals surface area contributed by atoms with E-state index in [9.17, 15) is 9.90 Å². The van der Waals surface area contributed by atoms with Crippen molar-refractivity contribution in [3.05, 3.63) is 35.3 Å². The van der Waals surface area contributed by atoms with E-state index in [1.165, 1.54) is 14.1 Å². The first-order valence-corrected chi connectivity index (χ1v) is 3.90. The van der Waals surface area contributed by atoms with Crippen LogP contribution < -0.4 is 45.3 Å². The number of amides is 1. The normalized spacial score (nSPS) is 16.9. The molecule has 0 radical (unpaired) electrons. The summed E-state index contributed by atoms with van der Waals surface area (Å²) in [5.41, 5.74) is 0.809. The van der Waals surface area contributed by atoms with E-state index < -0.39 is 0 Å². The molecular formula is C9H11N2NaO2. The largest absolute Gasteiger partial charge is 1.00 e. The van der Waals surface area contributed by atoms with Crippen LogP contribution in [0.5, 0.6) is 0 Å². The summed E-state index contributed by atoms with van der Waals surface area (Å²) in [6, 6.07) is 0. The van der Waals surface area contributed by atoms with Gasteiger partial charge >= 0.3 is 29.6 Å². The van der Waals surface area contributed by atoms with E-state index >= 15 is 0 Å². The Morgan fingerprint density at radius 1 is 1.36 bits per heavy atom. The standard InChI is InChI=1S/C9H12N2O2.Na/c1-10-8(12)6-4-3-5-7(6)9(13)11-2;/h3-5,10,12H,1-2H3,(H,11,13);/q;+1/p-1. The van der Waals surface area contributed by atoms with Crippen LogP contribution in [0.1, 0.15) is 0 Å². The van der Waals surface area contributed by atoms with Crippen LogP contribution in [-0.2, 0) is 4.79 Å². The van der Waals surface area contributed by atoms with Crippen LogP contribution >= 0.6 is 0 Å². The molecule has 0 aromatic carbocycles. The van der Waals surface area contributed by atoms with Crippen LogP contribution in [0.25, 0.3) is 0 Å². The maximum Gasteiger partial charge on any atom is 1.00 e. The average Bonchev–Trinajstić information content (AvgIpc) is 2.63. The van der Waals surface area contributed by atoms with Crippen LogP contribution in [0.15, 0.2) is 35.3 Å². The number of likely N-dealkylation sites (N-methyl/N-ethyl adjacent to an activating group) is 1. The summed E-state index contributed by atoms with van der Waals surface area (Å²) in [6.45, 7) is 0. The molecule has 1 aliphatic rings. The number of carbonyl (C=O) groups excluding carboxylic acids is 1. The molecule has 0 fully saturated rings. The Kier molecular flexibility index (Phi) is 5.60. The van der Waals surface area contributed by atoms with Crippen molar-refractivity contribution in [3.63, 3.8) is 0 Å². The molecule has 70 valence electrons. The maximum absolute atomic E-state index is 11.2. The molecule has 0 atom stereocenters. The first kappa shape index (κ1) is 13.3. The van der Waals surface area contributed by atoms with Gasteiger partial charge in [0.25, 0.3) is 5.91 Å². The molecule has 0 aliphatic heterocycles. The van der Waals surface area contributed by atoms with Crippen LogP contribution in [0, 0.1) is 0 Å². The van der Waals surface area contributed by atoms with Crippen molar-refractivity contribution in [2.75, 3.05) is 14.1 Å². The molecule has 0 bridgehead atoms. The average molecular weight is 202 g/mol. The molecule has 0 spiro atoms. The molecule has 1 amide bonds. The van der Waals surface area contributed by atoms with Gasteiger partial charge in [-0.1, -0.05) is 12.2 Å². The summed E-state index contributed by atoms with van der Waals surface area (Å²) < 4.78 is 0. The number of hydrogen-bond acceptors (Lipinski definition) is 3. The summed E-state index contributed by atoms with van der Waals surface area (Å²) >= 11 is 0. The Balaban J connectivity index is 0.00000169. The zero-order valence-corrected chi connectivity index (χ0v) is 10.5. The Labute approximate surface area is 105 Å². The summed E-state index contributed by atoms with van der Waals surface area (Å²) in [7, 11) is 3.06. The molecule has 0 unspecified atom stereocenters. The van der Waals surface area contributed by atoms with Gasteiger partial charge in [-0.15, -0.1) is 0 Å². The smallest absolute Gasteiger partial charge is 0.860 e. The minimum Gasteiger partial charge on any atom is -0.860 e. The predicted molar refractivity (Wildman–Crippen MR) is 47.4 cm³/mol. The van der Waals surface area contributed by atoms with Crippen molar-refractivity contribution < 1.29 is 39.5 Å². The second-order valence-corrected chi connectivity index (χ2v) is 2.51. The van der Waals surface area contributed by atoms with E-state index in [1.807, 2.05) is 0 Å². The van der Waals surface area contributed by atoms with E-state index in [1.54, 1.807) is 18.2 Å². The Bertz CT molecular complexity index is 319. The number of allylic oxidation sites excluding steroid dienone is 3. The van der Waals surface area contributed by atoms with Crippen molar-refractivity contribution in [1.82, 2.24) is 10.6 Å². The molecule has 2 N–H and O–H groups in total. The first-order chi connectivity index (χ1) is 6.20. The Hall–Kier alpha value is -0.710. The zero-order chi connectivity index (χ0) is 9.84. The van der Waals surface area contributed by atoms with E-state index in [4.69, 9.17) is 0 Å². The fraction of sp³-hybridized carbons (Fsp3) is 0.222. The van der Waals surface area contributed by atoms with Gasteiger partial charge in [-0.3, -0.25) is 4.79 Å². The third kappa shape index (κ3) is 2.64. The van der Waals surface area contributed by atoms with Crippen LogP contribution in [0.2, 0.25) is 0 Å². The molecular weight excluding hydrogens is 191 g/mol. The van der Waals surface area contributed by atoms with Gasteiger partial charge in [0.2, 0.25) is 0 Å². The number of nitrogens with one attached hydrogen (secondary N) is 2. The minimum absolute atomic E-state index is 0. The van der Waals surface area contributed by atoms with E-state index in [0.29, 0.717) is 11.1 Å². The van der Waals surface area contributed by atoms with Gasteiger partial charge in [-0.2, -0.15) is 0 Å². The summed E-state index contributed by atoms with van der Waals surface area (Å²) in [5, 5.41) is 16.2. The summed E-state index contributed by atoms with van der Waals surface area (Å²) in [4.78, 5) is 11.2. The van der Waals surface area contributed by atoms with Crippen molar-refractivity contribution in [1.29, 1.82) is 0 Å². The Morgan fingerprint density at radius 3 is 2.50 bits per heavy atom. The topological polar surface area (TPSA) is 64.2 Å². The van der Waals surface area contributed by atoms with Gasteiger partial charge in [0.1, 0.15) is 0 Å². The van der Waals surface area contributed by atoms with Crippen molar-refractivity contribution in [2.24, 2.45) is 0 Å². The summed E-state index contributed by atoms with van der Waals surface area (Å²) in [6.07, 6.45) is 4.90. The molecule has 4 nitrogen and oxygen atoms in total. The zero-order valence-electron chi connectivity index (χ0n) is 8.55. The molecule has 1 rings (SSSR count). The molecule has 0 saturated heterocycles. The molecule has 0 aromatic heterocycles. The number of hydrogen-bond donors (Lipinski definition) is 2. The molecule has 5 heteroatoms. The van der Waals surface area contributed by atoms with Crippen molar-refractivity contribution in [3.8, 4) is 0 Å². The second kappa shape index (κ2) is 5.90. The number of carbonyl (C=O) groups is 1. The molecule has 0 saturated carbocycles. The van der Waals surface area contributed by atoms with Crippen LogP contribution in [0.3, 0.4) is 0 Å². The molecule has 14 heavy (non-hydrogen) atoms. The minimum atomic E-state index is -0.247. The van der Waals surface area contributed by atoms with Crippen molar-refractivity contribution in [2.45, 2.75) is 0 Å². The van der Waals surface area contributed by atoms with Crippen LogP contribution in [0.4, 0.5) is 0 Å². The predicted octanol–water partition coefficient (Wildman–Crippen LogP) is -3.98. The molecule has 1 aliphatic carbocycles. The van der Waals surface area contributed by atoms with Gasteiger partial charge in [0.05, 0.1) is 0 Å². The SMILES string of the molecule is CNC(=O)C1=CC=CC1=C([O-])NC.[Na+]. The van der Waals surface area contributed by atoms with Gasteiger partial charge < -0.3 is 15.7 Å². The Morgan fingerprint density at radius 2 is 2.00 bits per heavy atom. The monoisotopic (exact) mass is 202 g/mol. The van der Waals surface area contributed by atoms with Gasteiger partial charge in [-0.25, -0.2) is 0 Å². The van der Waals surface area contributed by atoms with Crippen molar-refractivity contribution >= 4 is 5.91 Å². The van der Waals surface area contributed by atoms with Gasteiger partial charge in [0, 0.05) is 19.7 Å². The third-order valence-corrected chi connectivity index (χ3v) is 1.76.